The predicted molar refractivity (Wildman–Crippen MR) is 64.4 cm³/mol. The summed E-state index contributed by atoms with van der Waals surface area (Å²) in [6, 6.07) is 0.563. The maximum absolute atomic E-state index is 10.3. The second kappa shape index (κ2) is 5.75. The molecule has 1 rings (SSSR count). The zero-order valence-corrected chi connectivity index (χ0v) is 10.4. The van der Waals surface area contributed by atoms with E-state index >= 15 is 0 Å². The van der Waals surface area contributed by atoms with Gasteiger partial charge in [0.2, 0.25) is 0 Å². The molecule has 1 saturated heterocycles. The summed E-state index contributed by atoms with van der Waals surface area (Å²) < 4.78 is 0. The van der Waals surface area contributed by atoms with Crippen molar-refractivity contribution in [2.45, 2.75) is 39.2 Å². The van der Waals surface area contributed by atoms with Gasteiger partial charge in [0, 0.05) is 18.2 Å². The second-order valence-corrected chi connectivity index (χ2v) is 6.06. The van der Waals surface area contributed by atoms with Crippen LogP contribution in [0.15, 0.2) is 0 Å². The lowest BCUT2D eigenvalue weighted by Gasteiger charge is -2.35. The summed E-state index contributed by atoms with van der Waals surface area (Å²) >= 11 is 2.00. The molecule has 2 N–H and O–H groups in total. The molecule has 3 nitrogen and oxygen atoms in total. The highest BCUT2D eigenvalue weighted by molar-refractivity contribution is 7.99. The van der Waals surface area contributed by atoms with Crippen molar-refractivity contribution in [3.8, 4) is 0 Å². The van der Waals surface area contributed by atoms with Crippen molar-refractivity contribution in [3.63, 3.8) is 0 Å². The number of carboxylic acid groups (broad SMARTS) is 1. The van der Waals surface area contributed by atoms with Crippen LogP contribution in [0.5, 0.6) is 0 Å². The lowest BCUT2D eigenvalue weighted by atomic mass is 9.88. The van der Waals surface area contributed by atoms with Crippen molar-refractivity contribution in [1.82, 2.24) is 5.32 Å². The molecule has 1 aliphatic rings. The first-order chi connectivity index (χ1) is 6.99. The lowest BCUT2D eigenvalue weighted by Crippen LogP contribution is -2.40. The quantitative estimate of drug-likeness (QED) is 0.710. The number of nitrogens with one attached hydrogen (secondary N) is 1. The topological polar surface area (TPSA) is 49.3 Å². The number of hydrogen-bond donors (Lipinski definition) is 2. The number of rotatable bonds is 5. The second-order valence-electron chi connectivity index (χ2n) is 5.03. The van der Waals surface area contributed by atoms with Crippen LogP contribution in [-0.2, 0) is 4.79 Å². The van der Waals surface area contributed by atoms with Crippen molar-refractivity contribution in [1.29, 1.82) is 0 Å². The Morgan fingerprint density at radius 3 is 2.93 bits per heavy atom. The third kappa shape index (κ3) is 5.42. The van der Waals surface area contributed by atoms with Crippen LogP contribution < -0.4 is 5.32 Å². The number of aliphatic carboxylic acids is 1. The van der Waals surface area contributed by atoms with Crippen molar-refractivity contribution < 1.29 is 9.90 Å². The van der Waals surface area contributed by atoms with E-state index in [-0.39, 0.29) is 6.42 Å². The summed E-state index contributed by atoms with van der Waals surface area (Å²) in [5, 5.41) is 12.0. The molecule has 1 unspecified atom stereocenters. The molecule has 0 amide bonds. The summed E-state index contributed by atoms with van der Waals surface area (Å²) in [4.78, 5) is 10.3. The van der Waals surface area contributed by atoms with Gasteiger partial charge in [-0.05, 0) is 30.6 Å². The van der Waals surface area contributed by atoms with E-state index < -0.39 is 5.97 Å². The summed E-state index contributed by atoms with van der Waals surface area (Å²) in [7, 11) is 0. The molecule has 0 aromatic heterocycles. The Bertz CT molecular complexity index is 219. The van der Waals surface area contributed by atoms with Gasteiger partial charge in [0.05, 0.1) is 0 Å². The Morgan fingerprint density at radius 1 is 1.60 bits per heavy atom. The molecule has 0 spiro atoms. The molecule has 0 bridgehead atoms. The fraction of sp³-hybridized carbons (Fsp3) is 0.909. The van der Waals surface area contributed by atoms with Crippen LogP contribution in [0.3, 0.4) is 0 Å². The van der Waals surface area contributed by atoms with E-state index in [1.165, 1.54) is 12.2 Å². The Morgan fingerprint density at radius 2 is 2.33 bits per heavy atom. The lowest BCUT2D eigenvalue weighted by molar-refractivity contribution is -0.137. The number of hydrogen-bond acceptors (Lipinski definition) is 3. The van der Waals surface area contributed by atoms with Gasteiger partial charge in [-0.1, -0.05) is 13.8 Å². The van der Waals surface area contributed by atoms with Crippen LogP contribution in [0.1, 0.15) is 33.1 Å². The molecular formula is C11H21NO2S. The van der Waals surface area contributed by atoms with E-state index in [0.29, 0.717) is 11.5 Å². The van der Waals surface area contributed by atoms with Gasteiger partial charge in [0.15, 0.2) is 0 Å². The Balaban J connectivity index is 2.13. The zero-order valence-electron chi connectivity index (χ0n) is 9.58. The van der Waals surface area contributed by atoms with E-state index in [2.05, 4.69) is 19.2 Å². The number of carbonyl (C=O) groups is 1. The van der Waals surface area contributed by atoms with Crippen LogP contribution in [0.2, 0.25) is 0 Å². The minimum absolute atomic E-state index is 0.274. The largest absolute Gasteiger partial charge is 0.481 e. The highest BCUT2D eigenvalue weighted by Crippen LogP contribution is 2.33. The first kappa shape index (κ1) is 12.8. The van der Waals surface area contributed by atoms with Gasteiger partial charge < -0.3 is 10.4 Å². The number of carboxylic acids is 1. The average molecular weight is 231 g/mol. The van der Waals surface area contributed by atoms with E-state index in [9.17, 15) is 4.79 Å². The average Bonchev–Trinajstić information content (AvgIpc) is 2.10. The molecule has 1 fully saturated rings. The molecule has 0 aromatic rings. The third-order valence-corrected chi connectivity index (χ3v) is 4.23. The van der Waals surface area contributed by atoms with Gasteiger partial charge in [-0.2, -0.15) is 11.8 Å². The van der Waals surface area contributed by atoms with Crippen molar-refractivity contribution in [2.75, 3.05) is 18.1 Å². The van der Waals surface area contributed by atoms with Crippen molar-refractivity contribution in [3.05, 3.63) is 0 Å². The molecule has 88 valence electrons. The SMILES string of the molecule is CC1(C)CSCC(NCCCC(=O)O)C1. The molecule has 1 heterocycles. The van der Waals surface area contributed by atoms with Crippen LogP contribution in [0, 0.1) is 5.41 Å². The maximum atomic E-state index is 10.3. The molecule has 0 saturated carbocycles. The smallest absolute Gasteiger partial charge is 0.303 e. The van der Waals surface area contributed by atoms with Crippen LogP contribution in [0.25, 0.3) is 0 Å². The predicted octanol–water partition coefficient (Wildman–Crippen LogP) is 1.97. The molecule has 15 heavy (non-hydrogen) atoms. The van der Waals surface area contributed by atoms with Crippen LogP contribution >= 0.6 is 11.8 Å². The van der Waals surface area contributed by atoms with Crippen LogP contribution in [0.4, 0.5) is 0 Å². The standard InChI is InChI=1S/C11H21NO2S/c1-11(2)6-9(7-15-8-11)12-5-3-4-10(13)14/h9,12H,3-8H2,1-2H3,(H,13,14). The molecule has 0 aromatic carbocycles. The van der Waals surface area contributed by atoms with Gasteiger partial charge in [0.25, 0.3) is 0 Å². The van der Waals surface area contributed by atoms with Crippen molar-refractivity contribution in [2.24, 2.45) is 5.41 Å². The van der Waals surface area contributed by atoms with E-state index in [1.807, 2.05) is 11.8 Å². The van der Waals surface area contributed by atoms with Gasteiger partial charge >= 0.3 is 5.97 Å². The fourth-order valence-electron chi connectivity index (χ4n) is 1.94. The molecule has 0 radical (unpaired) electrons. The van der Waals surface area contributed by atoms with Gasteiger partial charge in [-0.25, -0.2) is 0 Å². The third-order valence-electron chi connectivity index (χ3n) is 2.61. The van der Waals surface area contributed by atoms with Crippen LogP contribution in [-0.4, -0.2) is 35.2 Å². The molecular weight excluding hydrogens is 210 g/mol. The highest BCUT2D eigenvalue weighted by atomic mass is 32.2. The highest BCUT2D eigenvalue weighted by Gasteiger charge is 2.27. The minimum atomic E-state index is -0.699. The summed E-state index contributed by atoms with van der Waals surface area (Å²) in [6.45, 7) is 5.42. The first-order valence-electron chi connectivity index (χ1n) is 5.52. The van der Waals surface area contributed by atoms with Gasteiger partial charge in [0.1, 0.15) is 0 Å². The van der Waals surface area contributed by atoms with E-state index in [4.69, 9.17) is 5.11 Å². The Kier molecular flexibility index (Phi) is 4.93. The summed E-state index contributed by atoms with van der Waals surface area (Å²) in [5.41, 5.74) is 0.424. The Labute approximate surface area is 96.0 Å². The molecule has 4 heteroatoms. The fourth-order valence-corrected chi connectivity index (χ4v) is 3.25. The molecule has 1 atom stereocenters. The van der Waals surface area contributed by atoms with Gasteiger partial charge in [-0.15, -0.1) is 0 Å². The van der Waals surface area contributed by atoms with E-state index in [1.54, 1.807) is 0 Å². The van der Waals surface area contributed by atoms with Crippen molar-refractivity contribution >= 4 is 17.7 Å². The maximum Gasteiger partial charge on any atom is 0.303 e. The molecule has 0 aliphatic carbocycles. The van der Waals surface area contributed by atoms with Gasteiger partial charge in [-0.3, -0.25) is 4.79 Å². The first-order valence-corrected chi connectivity index (χ1v) is 6.68. The number of thioether (sulfide) groups is 1. The summed E-state index contributed by atoms with van der Waals surface area (Å²) in [5.74, 6) is 1.70. The Hall–Kier alpha value is -0.220. The zero-order chi connectivity index (χ0) is 11.3. The minimum Gasteiger partial charge on any atom is -0.481 e. The molecule has 1 aliphatic heterocycles. The normalized spacial score (nSPS) is 25.1. The summed E-state index contributed by atoms with van der Waals surface area (Å²) in [6.07, 6.45) is 2.21. The van der Waals surface area contributed by atoms with E-state index in [0.717, 1.165) is 18.7 Å². The monoisotopic (exact) mass is 231 g/mol.